The van der Waals surface area contributed by atoms with E-state index in [0.29, 0.717) is 13.0 Å². The van der Waals surface area contributed by atoms with E-state index in [1.54, 1.807) is 0 Å². The van der Waals surface area contributed by atoms with E-state index >= 15 is 0 Å². The molecular weight excluding hydrogens is 288 g/mol. The first-order valence-corrected chi connectivity index (χ1v) is 8.78. The Morgan fingerprint density at radius 1 is 1.11 bits per heavy atom. The van der Waals surface area contributed by atoms with Crippen molar-refractivity contribution in [3.8, 4) is 0 Å². The van der Waals surface area contributed by atoms with E-state index in [9.17, 15) is 16.8 Å². The molecule has 2 N–H and O–H groups in total. The fourth-order valence-electron chi connectivity index (χ4n) is 1.57. The SMILES string of the molecule is CCCCN(C)S(=O)(=O)c1ccccc1S(N)(=O)=O. The van der Waals surface area contributed by atoms with Gasteiger partial charge in [-0.25, -0.2) is 26.3 Å². The van der Waals surface area contributed by atoms with Crippen LogP contribution in [0.4, 0.5) is 0 Å². The molecule has 8 heteroatoms. The van der Waals surface area contributed by atoms with Gasteiger partial charge in [-0.3, -0.25) is 0 Å². The van der Waals surface area contributed by atoms with Gasteiger partial charge >= 0.3 is 0 Å². The van der Waals surface area contributed by atoms with Crippen LogP contribution in [0.5, 0.6) is 0 Å². The molecule has 0 aliphatic carbocycles. The van der Waals surface area contributed by atoms with Gasteiger partial charge in [-0.2, -0.15) is 0 Å². The molecule has 0 aromatic heterocycles. The van der Waals surface area contributed by atoms with Crippen molar-refractivity contribution in [3.63, 3.8) is 0 Å². The summed E-state index contributed by atoms with van der Waals surface area (Å²) in [6, 6.07) is 5.34. The summed E-state index contributed by atoms with van der Waals surface area (Å²) in [5.74, 6) is 0. The first-order chi connectivity index (χ1) is 8.71. The Kier molecular flexibility index (Phi) is 5.08. The topological polar surface area (TPSA) is 97.5 Å². The standard InChI is InChI=1S/C11H18N2O4S2/c1-3-4-9-13(2)19(16,17)11-8-6-5-7-10(11)18(12,14)15/h5-8H,3-4,9H2,1-2H3,(H2,12,14,15). The smallest absolute Gasteiger partial charge is 0.225 e. The highest BCUT2D eigenvalue weighted by Gasteiger charge is 2.27. The highest BCUT2D eigenvalue weighted by Crippen LogP contribution is 2.22. The van der Waals surface area contributed by atoms with Crippen LogP contribution in [-0.2, 0) is 20.0 Å². The van der Waals surface area contributed by atoms with E-state index < -0.39 is 20.0 Å². The third-order valence-corrected chi connectivity index (χ3v) is 5.68. The molecule has 0 saturated carbocycles. The van der Waals surface area contributed by atoms with Gasteiger partial charge in [0, 0.05) is 13.6 Å². The Balaban J connectivity index is 3.30. The van der Waals surface area contributed by atoms with Crippen molar-refractivity contribution < 1.29 is 16.8 Å². The van der Waals surface area contributed by atoms with Gasteiger partial charge in [-0.05, 0) is 18.6 Å². The number of nitrogens with zero attached hydrogens (tertiary/aromatic N) is 1. The molecule has 0 radical (unpaired) electrons. The average molecular weight is 306 g/mol. The Morgan fingerprint density at radius 2 is 1.63 bits per heavy atom. The number of unbranched alkanes of at least 4 members (excludes halogenated alkanes) is 1. The maximum atomic E-state index is 12.3. The molecule has 6 nitrogen and oxygen atoms in total. The van der Waals surface area contributed by atoms with Crippen LogP contribution in [0.2, 0.25) is 0 Å². The molecule has 108 valence electrons. The van der Waals surface area contributed by atoms with E-state index in [2.05, 4.69) is 0 Å². The summed E-state index contributed by atoms with van der Waals surface area (Å²) in [5, 5.41) is 5.04. The fraction of sp³-hybridized carbons (Fsp3) is 0.455. The van der Waals surface area contributed by atoms with Crippen LogP contribution in [0, 0.1) is 0 Å². The highest BCUT2D eigenvalue weighted by molar-refractivity contribution is 7.92. The Labute approximate surface area is 114 Å². The van der Waals surface area contributed by atoms with Crippen molar-refractivity contribution in [2.24, 2.45) is 5.14 Å². The summed E-state index contributed by atoms with van der Waals surface area (Å²) in [6.45, 7) is 2.27. The van der Waals surface area contributed by atoms with Crippen molar-refractivity contribution in [1.29, 1.82) is 0 Å². The third-order valence-electron chi connectivity index (χ3n) is 2.67. The molecule has 0 unspecified atom stereocenters. The second kappa shape index (κ2) is 6.00. The van der Waals surface area contributed by atoms with Crippen LogP contribution in [0.1, 0.15) is 19.8 Å². The lowest BCUT2D eigenvalue weighted by Crippen LogP contribution is -2.29. The molecule has 0 amide bonds. The molecule has 0 bridgehead atoms. The zero-order valence-corrected chi connectivity index (χ0v) is 12.5. The van der Waals surface area contributed by atoms with Gasteiger partial charge in [0.05, 0.1) is 0 Å². The van der Waals surface area contributed by atoms with E-state index in [1.165, 1.54) is 31.3 Å². The van der Waals surface area contributed by atoms with Gasteiger partial charge in [-0.1, -0.05) is 25.5 Å². The first-order valence-electron chi connectivity index (χ1n) is 5.79. The van der Waals surface area contributed by atoms with Gasteiger partial charge in [0.15, 0.2) is 0 Å². The molecule has 0 atom stereocenters. The zero-order valence-electron chi connectivity index (χ0n) is 10.9. The maximum Gasteiger partial charge on any atom is 0.244 e. The molecular formula is C11H18N2O4S2. The molecule has 1 aromatic rings. The molecule has 0 spiro atoms. The predicted octanol–water partition coefficient (Wildman–Crippen LogP) is 0.755. The maximum absolute atomic E-state index is 12.3. The number of primary sulfonamides is 1. The molecule has 0 aliphatic rings. The van der Waals surface area contributed by atoms with Crippen LogP contribution < -0.4 is 5.14 Å². The van der Waals surface area contributed by atoms with Gasteiger partial charge in [0.2, 0.25) is 20.0 Å². The zero-order chi connectivity index (χ0) is 14.7. The van der Waals surface area contributed by atoms with Crippen LogP contribution in [0.15, 0.2) is 34.1 Å². The van der Waals surface area contributed by atoms with Crippen molar-refractivity contribution in [3.05, 3.63) is 24.3 Å². The first kappa shape index (κ1) is 16.1. The lowest BCUT2D eigenvalue weighted by molar-refractivity contribution is 0.457. The van der Waals surface area contributed by atoms with Crippen LogP contribution in [0.25, 0.3) is 0 Å². The van der Waals surface area contributed by atoms with E-state index in [1.807, 2.05) is 6.92 Å². The van der Waals surface area contributed by atoms with E-state index in [-0.39, 0.29) is 9.79 Å². The van der Waals surface area contributed by atoms with Crippen molar-refractivity contribution in [2.45, 2.75) is 29.6 Å². The summed E-state index contributed by atoms with van der Waals surface area (Å²) in [4.78, 5) is -0.658. The normalized spacial score (nSPS) is 12.8. The predicted molar refractivity (Wildman–Crippen MR) is 72.5 cm³/mol. The number of hydrogen-bond donors (Lipinski definition) is 1. The molecule has 0 aliphatic heterocycles. The molecule has 19 heavy (non-hydrogen) atoms. The summed E-state index contributed by atoms with van der Waals surface area (Å²) in [6.07, 6.45) is 1.55. The summed E-state index contributed by atoms with van der Waals surface area (Å²) in [7, 11) is -6.51. The molecule has 0 saturated heterocycles. The minimum atomic E-state index is -4.08. The summed E-state index contributed by atoms with van der Waals surface area (Å²) >= 11 is 0. The summed E-state index contributed by atoms with van der Waals surface area (Å²) < 4.78 is 48.6. The van der Waals surface area contributed by atoms with Crippen LogP contribution in [0.3, 0.4) is 0 Å². The number of hydrogen-bond acceptors (Lipinski definition) is 4. The van der Waals surface area contributed by atoms with Gasteiger partial charge in [0.1, 0.15) is 9.79 Å². The number of rotatable bonds is 6. The lowest BCUT2D eigenvalue weighted by Gasteiger charge is -2.18. The van der Waals surface area contributed by atoms with Crippen molar-refractivity contribution in [2.75, 3.05) is 13.6 Å². The third kappa shape index (κ3) is 3.75. The van der Waals surface area contributed by atoms with Gasteiger partial charge in [-0.15, -0.1) is 0 Å². The minimum Gasteiger partial charge on any atom is -0.225 e. The molecule has 1 aromatic carbocycles. The molecule has 0 heterocycles. The number of sulfonamides is 2. The fourth-order valence-corrected chi connectivity index (χ4v) is 4.13. The number of benzene rings is 1. The largest absolute Gasteiger partial charge is 0.244 e. The van der Waals surface area contributed by atoms with E-state index in [4.69, 9.17) is 5.14 Å². The van der Waals surface area contributed by atoms with E-state index in [0.717, 1.165) is 10.7 Å². The quantitative estimate of drug-likeness (QED) is 0.838. The van der Waals surface area contributed by atoms with Gasteiger partial charge < -0.3 is 0 Å². The second-order valence-electron chi connectivity index (χ2n) is 4.17. The summed E-state index contributed by atoms with van der Waals surface area (Å²) in [5.41, 5.74) is 0. The Bertz CT molecular complexity index is 638. The van der Waals surface area contributed by atoms with Gasteiger partial charge in [0.25, 0.3) is 0 Å². The Hall–Kier alpha value is -0.960. The van der Waals surface area contributed by atoms with Crippen LogP contribution in [-0.4, -0.2) is 34.7 Å². The lowest BCUT2D eigenvalue weighted by atomic mass is 10.3. The van der Waals surface area contributed by atoms with Crippen molar-refractivity contribution in [1.82, 2.24) is 4.31 Å². The average Bonchev–Trinajstić information content (AvgIpc) is 2.34. The Morgan fingerprint density at radius 3 is 2.11 bits per heavy atom. The minimum absolute atomic E-state index is 0.281. The van der Waals surface area contributed by atoms with Crippen molar-refractivity contribution >= 4 is 20.0 Å². The molecule has 0 fully saturated rings. The molecule has 1 rings (SSSR count). The monoisotopic (exact) mass is 306 g/mol. The number of nitrogens with two attached hydrogens (primary N) is 1. The highest BCUT2D eigenvalue weighted by atomic mass is 32.2. The van der Waals surface area contributed by atoms with Crippen LogP contribution >= 0.6 is 0 Å². The second-order valence-corrected chi connectivity index (χ2v) is 7.72.